The lowest BCUT2D eigenvalue weighted by molar-refractivity contribution is 0.630. The fourth-order valence-electron chi connectivity index (χ4n) is 3.21. The first-order valence-electron chi connectivity index (χ1n) is 9.58. The number of aryl methyl sites for hydroxylation is 4. The Morgan fingerprint density at radius 3 is 2.85 bits per heavy atom. The molecule has 1 aliphatic rings. The summed E-state index contributed by atoms with van der Waals surface area (Å²) in [5, 5.41) is 16.1. The van der Waals surface area contributed by atoms with Gasteiger partial charge < -0.3 is 15.2 Å². The van der Waals surface area contributed by atoms with Gasteiger partial charge in [0.05, 0.1) is 10.7 Å². The normalized spacial score (nSPS) is 13.8. The lowest BCUT2D eigenvalue weighted by atomic mass is 10.0. The Kier molecular flexibility index (Phi) is 9.46. The van der Waals surface area contributed by atoms with Crippen LogP contribution in [0.15, 0.2) is 11.3 Å². The number of hydrogen-bond donors (Lipinski definition) is 2. The fraction of sp³-hybridized carbons (Fsp3) is 0.667. The highest BCUT2D eigenvalue weighted by Gasteiger charge is 2.14. The van der Waals surface area contributed by atoms with Gasteiger partial charge in [0, 0.05) is 44.4 Å². The lowest BCUT2D eigenvalue weighted by Gasteiger charge is -2.12. The molecule has 0 bridgehead atoms. The molecule has 1 aliphatic carbocycles. The Morgan fingerprint density at radius 2 is 2.07 bits per heavy atom. The molecule has 0 saturated carbocycles. The van der Waals surface area contributed by atoms with Gasteiger partial charge in [-0.3, -0.25) is 4.99 Å². The number of nitrogens with zero attached hydrogens (tertiary/aromatic N) is 5. The summed E-state index contributed by atoms with van der Waals surface area (Å²) in [4.78, 5) is 10.6. The molecule has 2 aromatic rings. The van der Waals surface area contributed by atoms with E-state index in [1.54, 1.807) is 13.4 Å². The quantitative estimate of drug-likeness (QED) is 0.251. The minimum Gasteiger partial charge on any atom is -0.356 e. The summed E-state index contributed by atoms with van der Waals surface area (Å²) in [6, 6.07) is 0. The van der Waals surface area contributed by atoms with E-state index in [0.717, 1.165) is 50.7 Å². The standard InChI is InChI=1S/C18H29N7S.HI/c1-3-16-24-22-13-25(16)12-11-21-18(19-2)20-10-6-9-17-23-14-7-4-5-8-15(14)26-17;/h13H,3-12H2,1-2H3,(H2,19,20,21);1H. The fourth-order valence-corrected chi connectivity index (χ4v) is 4.41. The number of rotatable bonds is 8. The van der Waals surface area contributed by atoms with Crippen LogP contribution in [0, 0.1) is 0 Å². The average Bonchev–Trinajstić information content (AvgIpc) is 3.29. The minimum absolute atomic E-state index is 0. The number of thiazole rings is 1. The van der Waals surface area contributed by atoms with Crippen LogP contribution >= 0.6 is 35.3 Å². The molecule has 0 fully saturated rings. The Balaban J connectivity index is 0.00000261. The molecule has 2 heterocycles. The highest BCUT2D eigenvalue weighted by atomic mass is 127. The van der Waals surface area contributed by atoms with Gasteiger partial charge in [0.15, 0.2) is 5.96 Å². The van der Waals surface area contributed by atoms with E-state index in [1.807, 2.05) is 11.3 Å². The number of hydrogen-bond acceptors (Lipinski definition) is 5. The molecule has 150 valence electrons. The third-order valence-corrected chi connectivity index (χ3v) is 5.85. The van der Waals surface area contributed by atoms with E-state index in [-0.39, 0.29) is 24.0 Å². The van der Waals surface area contributed by atoms with Gasteiger partial charge in [-0.05, 0) is 32.1 Å². The maximum atomic E-state index is 4.81. The monoisotopic (exact) mass is 503 g/mol. The van der Waals surface area contributed by atoms with Crippen molar-refractivity contribution in [1.82, 2.24) is 30.4 Å². The zero-order valence-electron chi connectivity index (χ0n) is 16.2. The molecule has 3 rings (SSSR count). The molecular weight excluding hydrogens is 473 g/mol. The highest BCUT2D eigenvalue weighted by molar-refractivity contribution is 14.0. The Labute approximate surface area is 182 Å². The van der Waals surface area contributed by atoms with Crippen LogP contribution in [0.3, 0.4) is 0 Å². The van der Waals surface area contributed by atoms with E-state index in [4.69, 9.17) is 4.98 Å². The second-order valence-corrected chi connectivity index (χ2v) is 7.68. The van der Waals surface area contributed by atoms with Crippen molar-refractivity contribution in [2.75, 3.05) is 20.1 Å². The van der Waals surface area contributed by atoms with Crippen molar-refractivity contribution in [3.63, 3.8) is 0 Å². The van der Waals surface area contributed by atoms with Crippen molar-refractivity contribution in [2.24, 2.45) is 4.99 Å². The summed E-state index contributed by atoms with van der Waals surface area (Å²) in [5.41, 5.74) is 1.36. The minimum atomic E-state index is 0. The first-order chi connectivity index (χ1) is 12.8. The largest absolute Gasteiger partial charge is 0.356 e. The van der Waals surface area contributed by atoms with E-state index in [2.05, 4.69) is 37.3 Å². The van der Waals surface area contributed by atoms with Gasteiger partial charge >= 0.3 is 0 Å². The van der Waals surface area contributed by atoms with E-state index >= 15 is 0 Å². The molecule has 7 nitrogen and oxygen atoms in total. The zero-order chi connectivity index (χ0) is 18.2. The number of guanidine groups is 1. The summed E-state index contributed by atoms with van der Waals surface area (Å²) in [5.74, 6) is 1.86. The molecule has 0 spiro atoms. The Bertz CT molecular complexity index is 702. The molecule has 0 aliphatic heterocycles. The average molecular weight is 503 g/mol. The molecular formula is C18H30IN7S. The third-order valence-electron chi connectivity index (χ3n) is 4.63. The molecule has 0 saturated heterocycles. The smallest absolute Gasteiger partial charge is 0.191 e. The Hall–Kier alpha value is -1.23. The van der Waals surface area contributed by atoms with Gasteiger partial charge in [-0.25, -0.2) is 4.98 Å². The van der Waals surface area contributed by atoms with Crippen LogP contribution in [0.4, 0.5) is 0 Å². The van der Waals surface area contributed by atoms with Crippen molar-refractivity contribution in [2.45, 2.75) is 58.4 Å². The molecule has 2 aromatic heterocycles. The van der Waals surface area contributed by atoms with Gasteiger partial charge in [-0.2, -0.15) is 0 Å². The van der Waals surface area contributed by atoms with Crippen LogP contribution in [-0.2, 0) is 32.2 Å². The predicted octanol–water partition coefficient (Wildman–Crippen LogP) is 2.59. The maximum absolute atomic E-state index is 4.81. The van der Waals surface area contributed by atoms with Crippen molar-refractivity contribution >= 4 is 41.3 Å². The molecule has 0 amide bonds. The second-order valence-electron chi connectivity index (χ2n) is 6.51. The van der Waals surface area contributed by atoms with Crippen LogP contribution in [-0.4, -0.2) is 45.8 Å². The number of aliphatic imine (C=N–C) groups is 1. The first kappa shape index (κ1) is 22.1. The number of fused-ring (bicyclic) bond motifs is 1. The van der Waals surface area contributed by atoms with E-state index in [9.17, 15) is 0 Å². The first-order valence-corrected chi connectivity index (χ1v) is 10.4. The van der Waals surface area contributed by atoms with Gasteiger partial charge in [0.25, 0.3) is 0 Å². The molecule has 0 radical (unpaired) electrons. The lowest BCUT2D eigenvalue weighted by Crippen LogP contribution is -2.39. The highest BCUT2D eigenvalue weighted by Crippen LogP contribution is 2.27. The number of nitrogens with one attached hydrogen (secondary N) is 2. The van der Waals surface area contributed by atoms with Crippen LogP contribution in [0.1, 0.15) is 47.6 Å². The van der Waals surface area contributed by atoms with E-state index in [1.165, 1.54) is 41.3 Å². The maximum Gasteiger partial charge on any atom is 0.191 e. The molecule has 27 heavy (non-hydrogen) atoms. The molecule has 2 N–H and O–H groups in total. The Morgan fingerprint density at radius 1 is 1.26 bits per heavy atom. The van der Waals surface area contributed by atoms with Crippen LogP contribution in [0.25, 0.3) is 0 Å². The second kappa shape index (κ2) is 11.6. The van der Waals surface area contributed by atoms with Gasteiger partial charge in [-0.15, -0.1) is 45.5 Å². The number of aromatic nitrogens is 4. The summed E-state index contributed by atoms with van der Waals surface area (Å²) in [6.45, 7) is 4.62. The molecule has 0 unspecified atom stereocenters. The van der Waals surface area contributed by atoms with Crippen LogP contribution in [0.2, 0.25) is 0 Å². The van der Waals surface area contributed by atoms with Crippen molar-refractivity contribution in [1.29, 1.82) is 0 Å². The summed E-state index contributed by atoms with van der Waals surface area (Å²) >= 11 is 1.92. The summed E-state index contributed by atoms with van der Waals surface area (Å²) < 4.78 is 2.07. The summed E-state index contributed by atoms with van der Waals surface area (Å²) in [7, 11) is 1.81. The van der Waals surface area contributed by atoms with E-state index in [0.29, 0.717) is 0 Å². The zero-order valence-corrected chi connectivity index (χ0v) is 19.3. The molecule has 0 aromatic carbocycles. The van der Waals surface area contributed by atoms with Gasteiger partial charge in [0.1, 0.15) is 12.2 Å². The molecule has 0 atom stereocenters. The van der Waals surface area contributed by atoms with Crippen molar-refractivity contribution in [3.8, 4) is 0 Å². The predicted molar refractivity (Wildman–Crippen MR) is 121 cm³/mol. The van der Waals surface area contributed by atoms with Crippen LogP contribution in [0.5, 0.6) is 0 Å². The topological polar surface area (TPSA) is 80.0 Å². The van der Waals surface area contributed by atoms with Crippen LogP contribution < -0.4 is 10.6 Å². The molecule has 9 heteroatoms. The van der Waals surface area contributed by atoms with Gasteiger partial charge in [-0.1, -0.05) is 6.92 Å². The van der Waals surface area contributed by atoms with Gasteiger partial charge in [0.2, 0.25) is 0 Å². The number of halogens is 1. The van der Waals surface area contributed by atoms with Crippen molar-refractivity contribution < 1.29 is 0 Å². The van der Waals surface area contributed by atoms with Crippen molar-refractivity contribution in [3.05, 3.63) is 27.7 Å². The van der Waals surface area contributed by atoms with E-state index < -0.39 is 0 Å². The summed E-state index contributed by atoms with van der Waals surface area (Å²) in [6.07, 6.45) is 9.82. The third kappa shape index (κ3) is 6.41. The SMILES string of the molecule is CCc1nncn1CCNC(=NC)NCCCc1nc2c(s1)CCCC2.I.